The number of methoxy groups -OCH3 is 1. The topological polar surface area (TPSA) is 78.6 Å². The zero-order chi connectivity index (χ0) is 17.4. The number of ether oxygens (including phenoxy) is 2. The summed E-state index contributed by atoms with van der Waals surface area (Å²) in [5.41, 5.74) is 8.13. The molecule has 0 bridgehead atoms. The van der Waals surface area contributed by atoms with Crippen LogP contribution in [-0.2, 0) is 20.7 Å². The Morgan fingerprint density at radius 1 is 1.08 bits per heavy atom. The van der Waals surface area contributed by atoms with Crippen molar-refractivity contribution in [3.05, 3.63) is 54.1 Å². The quantitative estimate of drug-likeness (QED) is 0.756. The van der Waals surface area contributed by atoms with E-state index in [0.29, 0.717) is 18.6 Å². The number of aryl methyl sites for hydroxylation is 1. The van der Waals surface area contributed by atoms with Gasteiger partial charge < -0.3 is 15.2 Å². The zero-order valence-corrected chi connectivity index (χ0v) is 13.7. The Labute approximate surface area is 141 Å². The lowest BCUT2D eigenvalue weighted by Gasteiger charge is -2.13. The monoisotopic (exact) mass is 327 g/mol. The van der Waals surface area contributed by atoms with Crippen LogP contribution in [0.3, 0.4) is 0 Å². The van der Waals surface area contributed by atoms with Gasteiger partial charge in [0.05, 0.1) is 7.11 Å². The fraction of sp³-hybridized carbons (Fsp3) is 0.263. The van der Waals surface area contributed by atoms with Crippen molar-refractivity contribution in [1.82, 2.24) is 0 Å². The van der Waals surface area contributed by atoms with Crippen LogP contribution in [0.25, 0.3) is 11.1 Å². The van der Waals surface area contributed by atoms with Gasteiger partial charge in [-0.15, -0.1) is 0 Å². The van der Waals surface area contributed by atoms with Gasteiger partial charge in [-0.1, -0.05) is 36.4 Å². The Kier molecular flexibility index (Phi) is 6.37. The Hall–Kier alpha value is -2.82. The van der Waals surface area contributed by atoms with Crippen LogP contribution in [0.1, 0.15) is 18.4 Å². The van der Waals surface area contributed by atoms with Crippen molar-refractivity contribution in [2.75, 3.05) is 13.7 Å². The third-order valence-electron chi connectivity index (χ3n) is 3.57. The molecule has 0 spiro atoms. The summed E-state index contributed by atoms with van der Waals surface area (Å²) in [7, 11) is 1.39. The first-order chi connectivity index (χ1) is 11.6. The largest absolute Gasteiger partial charge is 0.483 e. The lowest BCUT2D eigenvalue weighted by molar-refractivity contribution is -0.140. The first kappa shape index (κ1) is 17.5. The molecule has 5 nitrogen and oxygen atoms in total. The molecule has 0 fully saturated rings. The van der Waals surface area contributed by atoms with E-state index >= 15 is 0 Å². The average molecular weight is 327 g/mol. The SMILES string of the molecule is COC(=O)CCCc1ccc(OCC(N)=O)c(-c2ccccc2)c1. The number of primary amides is 1. The van der Waals surface area contributed by atoms with Gasteiger partial charge in [-0.2, -0.15) is 0 Å². The van der Waals surface area contributed by atoms with Gasteiger partial charge in [0.2, 0.25) is 0 Å². The van der Waals surface area contributed by atoms with Crippen LogP contribution >= 0.6 is 0 Å². The van der Waals surface area contributed by atoms with E-state index in [9.17, 15) is 9.59 Å². The number of nitrogens with two attached hydrogens (primary N) is 1. The Bertz CT molecular complexity index is 698. The number of rotatable bonds is 8. The molecular weight excluding hydrogens is 306 g/mol. The molecule has 0 radical (unpaired) electrons. The van der Waals surface area contributed by atoms with Crippen LogP contribution in [0.4, 0.5) is 0 Å². The molecule has 0 saturated heterocycles. The minimum atomic E-state index is -0.517. The fourth-order valence-electron chi connectivity index (χ4n) is 2.39. The highest BCUT2D eigenvalue weighted by atomic mass is 16.5. The minimum Gasteiger partial charge on any atom is -0.483 e. The minimum absolute atomic E-state index is 0.165. The van der Waals surface area contributed by atoms with Gasteiger partial charge in [0.1, 0.15) is 5.75 Å². The van der Waals surface area contributed by atoms with Crippen molar-refractivity contribution in [1.29, 1.82) is 0 Å². The summed E-state index contributed by atoms with van der Waals surface area (Å²) in [5.74, 6) is -0.118. The van der Waals surface area contributed by atoms with Crippen molar-refractivity contribution in [3.63, 3.8) is 0 Å². The van der Waals surface area contributed by atoms with Gasteiger partial charge in [-0.25, -0.2) is 0 Å². The molecule has 126 valence electrons. The van der Waals surface area contributed by atoms with Crippen LogP contribution in [0.15, 0.2) is 48.5 Å². The summed E-state index contributed by atoms with van der Waals surface area (Å²) in [6.07, 6.45) is 1.85. The van der Waals surface area contributed by atoms with Crippen molar-refractivity contribution >= 4 is 11.9 Å². The van der Waals surface area contributed by atoms with E-state index < -0.39 is 5.91 Å². The number of benzene rings is 2. The van der Waals surface area contributed by atoms with Crippen molar-refractivity contribution < 1.29 is 19.1 Å². The molecule has 0 aliphatic heterocycles. The second-order valence-corrected chi connectivity index (χ2v) is 5.38. The molecule has 2 aromatic carbocycles. The fourth-order valence-corrected chi connectivity index (χ4v) is 2.39. The lowest BCUT2D eigenvalue weighted by Crippen LogP contribution is -2.20. The molecule has 0 saturated carbocycles. The van der Waals surface area contributed by atoms with Gasteiger partial charge in [0, 0.05) is 12.0 Å². The maximum Gasteiger partial charge on any atom is 0.305 e. The summed E-state index contributed by atoms with van der Waals surface area (Å²) >= 11 is 0. The molecule has 0 heterocycles. The normalized spacial score (nSPS) is 10.2. The van der Waals surface area contributed by atoms with E-state index in [1.165, 1.54) is 7.11 Å². The lowest BCUT2D eigenvalue weighted by atomic mass is 9.99. The summed E-state index contributed by atoms with van der Waals surface area (Å²) in [6.45, 7) is -0.165. The molecule has 0 unspecified atom stereocenters. The first-order valence-electron chi connectivity index (χ1n) is 7.76. The Balaban J connectivity index is 2.20. The van der Waals surface area contributed by atoms with Crippen molar-refractivity contribution in [2.45, 2.75) is 19.3 Å². The van der Waals surface area contributed by atoms with Gasteiger partial charge >= 0.3 is 5.97 Å². The number of hydrogen-bond donors (Lipinski definition) is 1. The average Bonchev–Trinajstić information content (AvgIpc) is 2.61. The van der Waals surface area contributed by atoms with Crippen molar-refractivity contribution in [2.24, 2.45) is 5.73 Å². The van der Waals surface area contributed by atoms with Crippen LogP contribution in [0.5, 0.6) is 5.75 Å². The molecule has 5 heteroatoms. The summed E-state index contributed by atoms with van der Waals surface area (Å²) < 4.78 is 10.2. The molecule has 0 atom stereocenters. The highest BCUT2D eigenvalue weighted by Gasteiger charge is 2.09. The second-order valence-electron chi connectivity index (χ2n) is 5.38. The number of hydrogen-bond acceptors (Lipinski definition) is 4. The predicted octanol–water partition coefficient (Wildman–Crippen LogP) is 2.71. The van der Waals surface area contributed by atoms with E-state index in [2.05, 4.69) is 4.74 Å². The number of carbonyl (C=O) groups is 2. The third-order valence-corrected chi connectivity index (χ3v) is 3.57. The molecule has 2 aromatic rings. The van der Waals surface area contributed by atoms with Crippen LogP contribution < -0.4 is 10.5 Å². The van der Waals surface area contributed by atoms with Gasteiger partial charge in [-0.3, -0.25) is 9.59 Å². The Morgan fingerprint density at radius 3 is 2.50 bits per heavy atom. The zero-order valence-electron chi connectivity index (χ0n) is 13.7. The van der Waals surface area contributed by atoms with Gasteiger partial charge in [0.25, 0.3) is 5.91 Å². The standard InChI is InChI=1S/C19H21NO4/c1-23-19(22)9-5-6-14-10-11-17(24-13-18(20)21)16(12-14)15-7-3-2-4-8-15/h2-4,7-8,10-12H,5-6,9,13H2,1H3,(H2,20,21). The Morgan fingerprint density at radius 2 is 1.83 bits per heavy atom. The van der Waals surface area contributed by atoms with E-state index in [1.807, 2.05) is 48.5 Å². The molecule has 24 heavy (non-hydrogen) atoms. The van der Waals surface area contributed by atoms with E-state index in [-0.39, 0.29) is 12.6 Å². The summed E-state index contributed by atoms with van der Waals surface area (Å²) in [5, 5.41) is 0. The molecule has 2 rings (SSSR count). The number of carbonyl (C=O) groups excluding carboxylic acids is 2. The van der Waals surface area contributed by atoms with E-state index in [4.69, 9.17) is 10.5 Å². The smallest absolute Gasteiger partial charge is 0.305 e. The number of esters is 1. The molecule has 0 aromatic heterocycles. The molecule has 0 aliphatic carbocycles. The maximum absolute atomic E-state index is 11.2. The van der Waals surface area contributed by atoms with E-state index in [1.54, 1.807) is 0 Å². The molecule has 2 N–H and O–H groups in total. The maximum atomic E-state index is 11.2. The second kappa shape index (κ2) is 8.72. The molecular formula is C19H21NO4. The van der Waals surface area contributed by atoms with Gasteiger partial charge in [-0.05, 0) is 36.1 Å². The number of amides is 1. The van der Waals surface area contributed by atoms with Crippen LogP contribution in [0.2, 0.25) is 0 Å². The highest BCUT2D eigenvalue weighted by Crippen LogP contribution is 2.31. The predicted molar refractivity (Wildman–Crippen MR) is 91.5 cm³/mol. The van der Waals surface area contributed by atoms with Crippen molar-refractivity contribution in [3.8, 4) is 16.9 Å². The first-order valence-corrected chi connectivity index (χ1v) is 7.76. The summed E-state index contributed by atoms with van der Waals surface area (Å²) in [6, 6.07) is 15.6. The van der Waals surface area contributed by atoms with Crippen LogP contribution in [-0.4, -0.2) is 25.6 Å². The summed E-state index contributed by atoms with van der Waals surface area (Å²) in [4.78, 5) is 22.2. The van der Waals surface area contributed by atoms with E-state index in [0.717, 1.165) is 23.1 Å². The molecule has 0 aliphatic rings. The highest BCUT2D eigenvalue weighted by molar-refractivity contribution is 5.76. The third kappa shape index (κ3) is 5.12. The van der Waals surface area contributed by atoms with Gasteiger partial charge in [0.15, 0.2) is 6.61 Å². The molecule has 1 amide bonds. The van der Waals surface area contributed by atoms with Crippen LogP contribution in [0, 0.1) is 0 Å².